The highest BCUT2D eigenvalue weighted by atomic mass is 16.2. The van der Waals surface area contributed by atoms with Gasteiger partial charge in [0.15, 0.2) is 0 Å². The molecule has 0 radical (unpaired) electrons. The van der Waals surface area contributed by atoms with Crippen LogP contribution in [0, 0.1) is 13.8 Å². The van der Waals surface area contributed by atoms with Crippen molar-refractivity contribution in [2.24, 2.45) is 0 Å². The second-order valence-electron chi connectivity index (χ2n) is 5.93. The molecular weight excluding hydrogens is 276 g/mol. The topological polar surface area (TPSA) is 41.4 Å². The molecule has 1 atom stereocenters. The predicted molar refractivity (Wildman–Crippen MR) is 88.8 cm³/mol. The number of amides is 1. The van der Waals surface area contributed by atoms with Gasteiger partial charge in [0.05, 0.1) is 18.3 Å². The van der Waals surface area contributed by atoms with Gasteiger partial charge in [0, 0.05) is 31.9 Å². The minimum Gasteiger partial charge on any atom is -0.334 e. The highest BCUT2D eigenvalue weighted by Crippen LogP contribution is 2.22. The Morgan fingerprint density at radius 3 is 2.64 bits per heavy atom. The number of hydrogen-bond acceptors (Lipinski definition) is 3. The van der Waals surface area contributed by atoms with Crippen molar-refractivity contribution >= 4 is 5.91 Å². The Labute approximate surface area is 132 Å². The van der Waals surface area contributed by atoms with Gasteiger partial charge in [0.2, 0.25) is 5.91 Å². The van der Waals surface area contributed by atoms with Crippen molar-refractivity contribution in [2.75, 3.05) is 32.7 Å². The molecule has 0 saturated carbocycles. The summed E-state index contributed by atoms with van der Waals surface area (Å²) in [6, 6.07) is 2.47. The molecule has 1 aliphatic rings. The summed E-state index contributed by atoms with van der Waals surface area (Å²) in [4.78, 5) is 16.3. The molecule has 0 aromatic carbocycles. The number of nitrogens with zero attached hydrogens (tertiary/aromatic N) is 4. The smallest absolute Gasteiger partial charge is 0.237 e. The lowest BCUT2D eigenvalue weighted by Crippen LogP contribution is -2.40. The number of rotatable bonds is 7. The van der Waals surface area contributed by atoms with Crippen LogP contribution >= 0.6 is 0 Å². The molecule has 5 nitrogen and oxygen atoms in total. The molecule has 1 aliphatic heterocycles. The minimum absolute atomic E-state index is 0.133. The molecule has 0 aliphatic carbocycles. The third kappa shape index (κ3) is 3.85. The molecular formula is C17H26N4O. The van der Waals surface area contributed by atoms with Gasteiger partial charge in [-0.1, -0.05) is 12.2 Å². The van der Waals surface area contributed by atoms with E-state index in [1.165, 1.54) is 5.69 Å². The number of carbonyl (C=O) groups is 1. The van der Waals surface area contributed by atoms with Crippen molar-refractivity contribution in [3.8, 4) is 0 Å². The van der Waals surface area contributed by atoms with Crippen molar-refractivity contribution in [1.82, 2.24) is 19.6 Å². The third-order valence-corrected chi connectivity index (χ3v) is 4.05. The van der Waals surface area contributed by atoms with Gasteiger partial charge in [0.25, 0.3) is 0 Å². The summed E-state index contributed by atoms with van der Waals surface area (Å²) in [6.07, 6.45) is 4.55. The van der Waals surface area contributed by atoms with Crippen molar-refractivity contribution < 1.29 is 4.79 Å². The zero-order valence-electron chi connectivity index (χ0n) is 13.7. The first kappa shape index (κ1) is 16.5. The second-order valence-corrected chi connectivity index (χ2v) is 5.93. The van der Waals surface area contributed by atoms with Crippen molar-refractivity contribution in [2.45, 2.75) is 26.3 Å². The number of aromatic nitrogens is 2. The van der Waals surface area contributed by atoms with Crippen LogP contribution in [0.25, 0.3) is 0 Å². The third-order valence-electron chi connectivity index (χ3n) is 4.05. The molecule has 1 fully saturated rings. The highest BCUT2D eigenvalue weighted by molar-refractivity contribution is 5.78. The fraction of sp³-hybridized carbons (Fsp3) is 0.529. The van der Waals surface area contributed by atoms with Crippen LogP contribution in [0.4, 0.5) is 0 Å². The van der Waals surface area contributed by atoms with E-state index in [2.05, 4.69) is 40.8 Å². The van der Waals surface area contributed by atoms with Crippen LogP contribution < -0.4 is 0 Å². The predicted octanol–water partition coefficient (Wildman–Crippen LogP) is 1.95. The van der Waals surface area contributed by atoms with E-state index in [0.29, 0.717) is 25.7 Å². The maximum absolute atomic E-state index is 12.4. The zero-order valence-corrected chi connectivity index (χ0v) is 13.7. The molecule has 0 spiro atoms. The standard InChI is InChI=1S/C17H26N4O/c1-5-8-20(9-6-2)17(22)13-19-10-7-16(12-19)21-15(4)11-14(3)18-21/h5-6,11,16H,1-2,7-10,12-13H2,3-4H3/t16-/m1/s1. The first-order valence-electron chi connectivity index (χ1n) is 7.79. The maximum atomic E-state index is 12.4. The molecule has 0 bridgehead atoms. The molecule has 0 N–H and O–H groups in total. The second kappa shape index (κ2) is 7.40. The van der Waals surface area contributed by atoms with Gasteiger partial charge in [-0.2, -0.15) is 5.10 Å². The summed E-state index contributed by atoms with van der Waals surface area (Å²) in [5.74, 6) is 0.133. The fourth-order valence-corrected chi connectivity index (χ4v) is 3.05. The molecule has 2 heterocycles. The van der Waals surface area contributed by atoms with Gasteiger partial charge in [-0.25, -0.2) is 0 Å². The van der Waals surface area contributed by atoms with Gasteiger partial charge in [-0.15, -0.1) is 13.2 Å². The summed E-state index contributed by atoms with van der Waals surface area (Å²) in [5.41, 5.74) is 2.24. The lowest BCUT2D eigenvalue weighted by atomic mass is 10.2. The van der Waals surface area contributed by atoms with Gasteiger partial charge < -0.3 is 4.90 Å². The van der Waals surface area contributed by atoms with Gasteiger partial charge in [-0.05, 0) is 26.3 Å². The number of hydrogen-bond donors (Lipinski definition) is 0. The summed E-state index contributed by atoms with van der Waals surface area (Å²) in [5, 5.41) is 4.57. The van der Waals surface area contributed by atoms with Crippen LogP contribution in [0.1, 0.15) is 23.9 Å². The van der Waals surface area contributed by atoms with E-state index in [-0.39, 0.29) is 5.91 Å². The Morgan fingerprint density at radius 1 is 1.41 bits per heavy atom. The first-order valence-corrected chi connectivity index (χ1v) is 7.79. The SMILES string of the molecule is C=CCN(CC=C)C(=O)CN1CC[C@@H](n2nc(C)cc2C)C1. The quantitative estimate of drug-likeness (QED) is 0.723. The van der Waals surface area contributed by atoms with Crippen LogP contribution in [-0.2, 0) is 4.79 Å². The van der Waals surface area contributed by atoms with Crippen LogP contribution in [0.15, 0.2) is 31.4 Å². The fourth-order valence-electron chi connectivity index (χ4n) is 3.05. The summed E-state index contributed by atoms with van der Waals surface area (Å²) in [7, 11) is 0. The number of aryl methyl sites for hydroxylation is 2. The average Bonchev–Trinajstić information content (AvgIpc) is 3.05. The first-order chi connectivity index (χ1) is 10.5. The Morgan fingerprint density at radius 2 is 2.09 bits per heavy atom. The molecule has 1 aromatic rings. The van der Waals surface area contributed by atoms with E-state index in [4.69, 9.17) is 0 Å². The summed E-state index contributed by atoms with van der Waals surface area (Å²) < 4.78 is 2.10. The molecule has 22 heavy (non-hydrogen) atoms. The normalized spacial score (nSPS) is 18.4. The number of likely N-dealkylation sites (tertiary alicyclic amines) is 1. The monoisotopic (exact) mass is 302 g/mol. The number of carbonyl (C=O) groups excluding carboxylic acids is 1. The van der Waals surface area contributed by atoms with Crippen LogP contribution in [0.2, 0.25) is 0 Å². The molecule has 1 saturated heterocycles. The largest absolute Gasteiger partial charge is 0.334 e. The van der Waals surface area contributed by atoms with Gasteiger partial charge >= 0.3 is 0 Å². The Kier molecular flexibility index (Phi) is 5.55. The van der Waals surface area contributed by atoms with E-state index in [0.717, 1.165) is 25.2 Å². The van der Waals surface area contributed by atoms with Gasteiger partial charge in [0.1, 0.15) is 0 Å². The van der Waals surface area contributed by atoms with Crippen molar-refractivity contribution in [3.05, 3.63) is 42.8 Å². The molecule has 5 heteroatoms. The van der Waals surface area contributed by atoms with Crippen molar-refractivity contribution in [3.63, 3.8) is 0 Å². The van der Waals surface area contributed by atoms with E-state index >= 15 is 0 Å². The molecule has 0 unspecified atom stereocenters. The molecule has 1 amide bonds. The summed E-state index contributed by atoms with van der Waals surface area (Å²) in [6.45, 7) is 14.9. The average molecular weight is 302 g/mol. The molecule has 120 valence electrons. The highest BCUT2D eigenvalue weighted by Gasteiger charge is 2.27. The Hall–Kier alpha value is -1.88. The Balaban J connectivity index is 1.92. The minimum atomic E-state index is 0.133. The van der Waals surface area contributed by atoms with E-state index in [1.807, 2.05) is 6.92 Å². The Bertz CT molecular complexity index is 539. The van der Waals surface area contributed by atoms with E-state index in [9.17, 15) is 4.79 Å². The lowest BCUT2D eigenvalue weighted by Gasteiger charge is -2.23. The van der Waals surface area contributed by atoms with Crippen LogP contribution in [0.5, 0.6) is 0 Å². The van der Waals surface area contributed by atoms with Crippen LogP contribution in [-0.4, -0.2) is 58.2 Å². The maximum Gasteiger partial charge on any atom is 0.237 e. The van der Waals surface area contributed by atoms with Crippen LogP contribution in [0.3, 0.4) is 0 Å². The zero-order chi connectivity index (χ0) is 16.1. The molecule has 1 aromatic heterocycles. The molecule has 2 rings (SSSR count). The lowest BCUT2D eigenvalue weighted by molar-refractivity contribution is -0.131. The van der Waals surface area contributed by atoms with E-state index < -0.39 is 0 Å². The van der Waals surface area contributed by atoms with Crippen molar-refractivity contribution in [1.29, 1.82) is 0 Å². The van der Waals surface area contributed by atoms with Gasteiger partial charge in [-0.3, -0.25) is 14.4 Å². The summed E-state index contributed by atoms with van der Waals surface area (Å²) >= 11 is 0. The van der Waals surface area contributed by atoms with E-state index in [1.54, 1.807) is 17.1 Å².